The number of halogens is 1. The van der Waals surface area contributed by atoms with E-state index in [1.54, 1.807) is 0 Å². The van der Waals surface area contributed by atoms with E-state index in [0.717, 1.165) is 6.16 Å². The number of rotatable bonds is 5. The van der Waals surface area contributed by atoms with Gasteiger partial charge in [-0.05, 0) is 0 Å². The third-order valence-electron chi connectivity index (χ3n) is 5.64. The van der Waals surface area contributed by atoms with E-state index >= 15 is 0 Å². The van der Waals surface area contributed by atoms with Gasteiger partial charge in [-0.25, -0.2) is 0 Å². The van der Waals surface area contributed by atoms with Gasteiger partial charge in [0.05, 0.1) is 0 Å². The van der Waals surface area contributed by atoms with Gasteiger partial charge in [0.2, 0.25) is 0 Å². The second-order valence-electron chi connectivity index (χ2n) is 7.84. The Bertz CT molecular complexity index is 985. The zero-order valence-corrected chi connectivity index (χ0v) is 19.4. The Kier molecular flexibility index (Phi) is 5.47. The van der Waals surface area contributed by atoms with Crippen LogP contribution in [0, 0.1) is 13.8 Å². The van der Waals surface area contributed by atoms with Crippen molar-refractivity contribution in [1.82, 2.24) is 0 Å². The van der Waals surface area contributed by atoms with E-state index < -0.39 is 5.31 Å². The first kappa shape index (κ1) is 20.1. The summed E-state index contributed by atoms with van der Waals surface area (Å²) < 4.78 is 0. The molecule has 0 aliphatic carbocycles. The van der Waals surface area contributed by atoms with Crippen molar-refractivity contribution in [1.29, 1.82) is 0 Å². The molecule has 4 aromatic rings. The van der Waals surface area contributed by atoms with E-state index in [9.17, 15) is 0 Å². The first-order valence-corrected chi connectivity index (χ1v) is 14.4. The van der Waals surface area contributed by atoms with Crippen LogP contribution >= 0.6 is 20.8 Å². The van der Waals surface area contributed by atoms with Gasteiger partial charge in [0.1, 0.15) is 0 Å². The summed E-state index contributed by atoms with van der Waals surface area (Å²) in [6.07, 6.45) is 0.937. The Labute approximate surface area is 182 Å². The molecule has 0 heterocycles. The standard InChI is InChI=1S/C27H26BrP/c1-22-18-23(2)20-24(19-22)21-29(28,25-12-6-3-7-13-25,26-14-8-4-9-15-26)27-16-10-5-11-17-27/h3-20H,21H2,1-2H3. The summed E-state index contributed by atoms with van der Waals surface area (Å²) in [5, 5.41) is 1.15. The van der Waals surface area contributed by atoms with Gasteiger partial charge in [-0.15, -0.1) is 0 Å². The minimum absolute atomic E-state index is 0.937. The van der Waals surface area contributed by atoms with Crippen LogP contribution in [0.3, 0.4) is 0 Å². The summed E-state index contributed by atoms with van der Waals surface area (Å²) in [6, 6.07) is 39.9. The topological polar surface area (TPSA) is 0 Å². The van der Waals surface area contributed by atoms with Gasteiger partial charge < -0.3 is 0 Å². The average molecular weight is 461 g/mol. The quantitative estimate of drug-likeness (QED) is 0.292. The molecular formula is C27H26BrP. The fourth-order valence-electron chi connectivity index (χ4n) is 4.44. The third-order valence-corrected chi connectivity index (χ3v) is 15.2. The molecule has 4 rings (SSSR count). The number of benzene rings is 4. The van der Waals surface area contributed by atoms with Crippen molar-refractivity contribution in [3.05, 3.63) is 126 Å². The number of aryl methyl sites for hydroxylation is 2. The minimum atomic E-state index is -2.91. The first-order chi connectivity index (χ1) is 14.0. The normalized spacial score (nSPS) is 12.9. The maximum absolute atomic E-state index is 4.53. The summed E-state index contributed by atoms with van der Waals surface area (Å²) in [6.45, 7) is 4.38. The fraction of sp³-hybridized carbons (Fsp3) is 0.111. The Hall–Kier alpha value is -2.21. The monoisotopic (exact) mass is 460 g/mol. The molecule has 0 aromatic heterocycles. The van der Waals surface area contributed by atoms with E-state index in [0.29, 0.717) is 0 Å². The van der Waals surface area contributed by atoms with Crippen molar-refractivity contribution in [2.45, 2.75) is 20.0 Å². The van der Waals surface area contributed by atoms with Crippen LogP contribution in [0.15, 0.2) is 109 Å². The SMILES string of the molecule is Cc1cc(C)cc(CP(Br)(c2ccccc2)(c2ccccc2)c2ccccc2)c1. The van der Waals surface area contributed by atoms with E-state index in [4.69, 9.17) is 0 Å². The third kappa shape index (κ3) is 3.59. The Morgan fingerprint density at radius 2 is 0.897 bits per heavy atom. The van der Waals surface area contributed by atoms with Gasteiger partial charge in [-0.2, -0.15) is 0 Å². The van der Waals surface area contributed by atoms with Crippen molar-refractivity contribution in [2.24, 2.45) is 0 Å². The van der Waals surface area contributed by atoms with Crippen LogP contribution in [-0.4, -0.2) is 0 Å². The van der Waals surface area contributed by atoms with Crippen molar-refractivity contribution >= 4 is 36.7 Å². The van der Waals surface area contributed by atoms with Crippen LogP contribution in [0.1, 0.15) is 16.7 Å². The Balaban J connectivity index is 2.09. The van der Waals surface area contributed by atoms with Gasteiger partial charge in [0.25, 0.3) is 0 Å². The molecule has 0 amide bonds. The second-order valence-corrected chi connectivity index (χ2v) is 16.8. The molecule has 0 nitrogen and oxygen atoms in total. The predicted octanol–water partition coefficient (Wildman–Crippen LogP) is 6.64. The number of hydrogen-bond acceptors (Lipinski definition) is 0. The predicted molar refractivity (Wildman–Crippen MR) is 134 cm³/mol. The molecule has 0 fully saturated rings. The van der Waals surface area contributed by atoms with Gasteiger partial charge in [0, 0.05) is 0 Å². The van der Waals surface area contributed by atoms with Crippen molar-refractivity contribution in [3.63, 3.8) is 0 Å². The zero-order valence-electron chi connectivity index (χ0n) is 16.9. The van der Waals surface area contributed by atoms with E-state index in [2.05, 4.69) is 139 Å². The van der Waals surface area contributed by atoms with Gasteiger partial charge in [-0.3, -0.25) is 0 Å². The van der Waals surface area contributed by atoms with Crippen molar-refractivity contribution in [2.75, 3.05) is 0 Å². The molecule has 29 heavy (non-hydrogen) atoms. The van der Waals surface area contributed by atoms with Crippen LogP contribution in [0.4, 0.5) is 0 Å². The molecule has 0 saturated heterocycles. The second kappa shape index (κ2) is 7.90. The van der Waals surface area contributed by atoms with Crippen LogP contribution in [0.2, 0.25) is 0 Å². The van der Waals surface area contributed by atoms with Crippen LogP contribution < -0.4 is 15.9 Å². The molecular weight excluding hydrogens is 435 g/mol. The molecule has 4 aromatic carbocycles. The molecule has 0 atom stereocenters. The maximum atomic E-state index is 4.53. The van der Waals surface area contributed by atoms with Gasteiger partial charge >= 0.3 is 183 Å². The Morgan fingerprint density at radius 3 is 1.24 bits per heavy atom. The molecule has 0 spiro atoms. The molecule has 0 bridgehead atoms. The molecule has 2 heteroatoms. The summed E-state index contributed by atoms with van der Waals surface area (Å²) >= 11 is 4.53. The van der Waals surface area contributed by atoms with Gasteiger partial charge in [-0.1, -0.05) is 0 Å². The molecule has 0 radical (unpaired) electrons. The summed E-state index contributed by atoms with van der Waals surface area (Å²) in [7, 11) is 0. The summed E-state index contributed by atoms with van der Waals surface area (Å²) in [5.41, 5.74) is 3.99. The van der Waals surface area contributed by atoms with Crippen LogP contribution in [0.5, 0.6) is 0 Å². The van der Waals surface area contributed by atoms with E-state index in [1.165, 1.54) is 32.6 Å². The molecule has 146 valence electrons. The molecule has 0 unspecified atom stereocenters. The van der Waals surface area contributed by atoms with Crippen molar-refractivity contribution in [3.8, 4) is 0 Å². The van der Waals surface area contributed by atoms with E-state index in [1.807, 2.05) is 0 Å². The summed E-state index contributed by atoms with van der Waals surface area (Å²) in [5.74, 6) is 0. The van der Waals surface area contributed by atoms with Crippen LogP contribution in [0.25, 0.3) is 0 Å². The average Bonchev–Trinajstić information content (AvgIpc) is 2.75. The van der Waals surface area contributed by atoms with Crippen LogP contribution in [-0.2, 0) is 6.16 Å². The van der Waals surface area contributed by atoms with Crippen molar-refractivity contribution < 1.29 is 0 Å². The zero-order chi connectivity index (χ0) is 20.3. The molecule has 0 saturated carbocycles. The van der Waals surface area contributed by atoms with Gasteiger partial charge in [0.15, 0.2) is 0 Å². The molecule has 0 N–H and O–H groups in total. The summed E-state index contributed by atoms with van der Waals surface area (Å²) in [4.78, 5) is 0. The van der Waals surface area contributed by atoms with E-state index in [-0.39, 0.29) is 0 Å². The first-order valence-electron chi connectivity index (χ1n) is 9.97. The Morgan fingerprint density at radius 1 is 0.552 bits per heavy atom. The number of hydrogen-bond donors (Lipinski definition) is 0. The molecule has 0 aliphatic heterocycles. The molecule has 0 aliphatic rings. The fourth-order valence-corrected chi connectivity index (χ4v) is 12.1.